The van der Waals surface area contributed by atoms with Crippen LogP contribution in [0, 0.1) is 29.0 Å². The van der Waals surface area contributed by atoms with Crippen LogP contribution in [0.3, 0.4) is 0 Å². The number of carboxylic acids is 1. The number of benzene rings is 1. The van der Waals surface area contributed by atoms with Crippen molar-refractivity contribution in [3.63, 3.8) is 0 Å². The molecule has 2 atom stereocenters. The largest absolute Gasteiger partial charge is 0.493 e. The van der Waals surface area contributed by atoms with Crippen LogP contribution < -0.4 is 4.74 Å². The molecule has 0 radical (unpaired) electrons. The van der Waals surface area contributed by atoms with Crippen molar-refractivity contribution in [2.45, 2.75) is 75.9 Å². The van der Waals surface area contributed by atoms with Gasteiger partial charge in [0.1, 0.15) is 17.7 Å². The minimum Gasteiger partial charge on any atom is -0.493 e. The molecule has 4 bridgehead atoms. The van der Waals surface area contributed by atoms with Gasteiger partial charge in [-0.15, -0.1) is 0 Å². The number of likely N-dealkylation sites (tertiary alicyclic amines) is 1. The number of halogens is 2. The van der Waals surface area contributed by atoms with Gasteiger partial charge >= 0.3 is 5.97 Å². The van der Waals surface area contributed by atoms with Gasteiger partial charge in [0, 0.05) is 17.5 Å². The van der Waals surface area contributed by atoms with Crippen molar-refractivity contribution in [2.75, 3.05) is 13.2 Å². The molecule has 178 valence electrons. The molecule has 1 aliphatic heterocycles. The van der Waals surface area contributed by atoms with E-state index in [1.165, 1.54) is 44.6 Å². The van der Waals surface area contributed by atoms with Crippen molar-refractivity contribution in [2.24, 2.45) is 23.2 Å². The second-order valence-electron chi connectivity index (χ2n) is 11.4. The van der Waals surface area contributed by atoms with E-state index >= 15 is 4.39 Å². The Bertz CT molecular complexity index is 955. The van der Waals surface area contributed by atoms with Gasteiger partial charge in [0.2, 0.25) is 0 Å². The van der Waals surface area contributed by atoms with Crippen LogP contribution in [-0.2, 0) is 4.79 Å². The third-order valence-electron chi connectivity index (χ3n) is 8.89. The summed E-state index contributed by atoms with van der Waals surface area (Å²) < 4.78 is 36.1. The molecule has 7 heteroatoms. The van der Waals surface area contributed by atoms with Gasteiger partial charge in [0.05, 0.1) is 12.2 Å². The summed E-state index contributed by atoms with van der Waals surface area (Å²) in [5.41, 5.74) is 0.453. The first kappa shape index (κ1) is 21.4. The van der Waals surface area contributed by atoms with Crippen molar-refractivity contribution in [3.05, 3.63) is 29.1 Å². The molecule has 1 amide bonds. The highest BCUT2D eigenvalue weighted by atomic mass is 19.1. The molecule has 1 aromatic rings. The summed E-state index contributed by atoms with van der Waals surface area (Å²) in [6, 6.07) is 1.50. The quantitative estimate of drug-likeness (QED) is 0.655. The van der Waals surface area contributed by atoms with Gasteiger partial charge in [-0.05, 0) is 93.6 Å². The minimum absolute atomic E-state index is 0.0203. The highest BCUT2D eigenvalue weighted by Gasteiger charge is 2.51. The zero-order valence-corrected chi connectivity index (χ0v) is 18.8. The molecule has 6 aliphatic rings. The molecular weight excluding hydrogens is 428 g/mol. The number of nitrogens with zero attached hydrogens (tertiary/aromatic N) is 1. The van der Waals surface area contributed by atoms with Crippen molar-refractivity contribution in [1.29, 1.82) is 0 Å². The van der Waals surface area contributed by atoms with E-state index in [4.69, 9.17) is 4.74 Å². The van der Waals surface area contributed by atoms with E-state index in [0.717, 1.165) is 35.5 Å². The Morgan fingerprint density at radius 2 is 1.70 bits per heavy atom. The van der Waals surface area contributed by atoms with E-state index in [-0.39, 0.29) is 29.9 Å². The standard InChI is InChI=1S/C26H31F2NO4/c27-19-5-6-29(23(19)25(31)32)24(30)18-3-4-20(21(22(18)28)17-1-2-17)33-13-26-10-14-7-15(11-26)9-16(8-14)12-26/h3-4,14-17,19,23H,1-2,5-13H2,(H,31,32)/t14?,15?,16?,19-,23+,26?/m1/s1. The Kier molecular flexibility index (Phi) is 4.97. The first-order chi connectivity index (χ1) is 15.8. The molecule has 6 fully saturated rings. The number of hydrogen-bond acceptors (Lipinski definition) is 3. The van der Waals surface area contributed by atoms with Crippen LogP contribution in [-0.4, -0.2) is 47.2 Å². The molecular formula is C26H31F2NO4. The minimum atomic E-state index is -1.64. The fraction of sp³-hybridized carbons (Fsp3) is 0.692. The Morgan fingerprint density at radius 1 is 1.06 bits per heavy atom. The van der Waals surface area contributed by atoms with Crippen molar-refractivity contribution in [1.82, 2.24) is 4.90 Å². The molecule has 0 spiro atoms. The Morgan fingerprint density at radius 3 is 2.27 bits per heavy atom. The maximum Gasteiger partial charge on any atom is 0.329 e. The lowest BCUT2D eigenvalue weighted by atomic mass is 9.50. The van der Waals surface area contributed by atoms with E-state index in [1.54, 1.807) is 6.07 Å². The number of alkyl halides is 1. The number of ether oxygens (including phenoxy) is 1. The lowest BCUT2D eigenvalue weighted by molar-refractivity contribution is -0.142. The van der Waals surface area contributed by atoms with E-state index in [1.807, 2.05) is 0 Å². The van der Waals surface area contributed by atoms with Crippen LogP contribution in [0.5, 0.6) is 5.75 Å². The summed E-state index contributed by atoms with van der Waals surface area (Å²) in [4.78, 5) is 25.5. The van der Waals surface area contributed by atoms with E-state index in [0.29, 0.717) is 17.9 Å². The van der Waals surface area contributed by atoms with E-state index < -0.39 is 29.9 Å². The Labute approximate surface area is 192 Å². The predicted molar refractivity (Wildman–Crippen MR) is 116 cm³/mol. The Balaban J connectivity index is 1.25. The summed E-state index contributed by atoms with van der Waals surface area (Å²) in [6.07, 6.45) is 7.66. The summed E-state index contributed by atoms with van der Waals surface area (Å²) in [7, 11) is 0. The first-order valence-corrected chi connectivity index (χ1v) is 12.5. The van der Waals surface area contributed by atoms with E-state index in [2.05, 4.69) is 0 Å². The highest BCUT2D eigenvalue weighted by molar-refractivity contribution is 5.98. The molecule has 33 heavy (non-hydrogen) atoms. The number of rotatable bonds is 6. The number of hydrogen-bond donors (Lipinski definition) is 1. The average molecular weight is 460 g/mol. The SMILES string of the molecule is O=C(O)[C@@H]1[C@H](F)CCN1C(=O)c1ccc(OCC23CC4CC(CC(C4)C2)C3)c(C2CC2)c1F. The van der Waals surface area contributed by atoms with Crippen molar-refractivity contribution < 1.29 is 28.2 Å². The molecule has 7 rings (SSSR count). The fourth-order valence-electron chi connectivity index (χ4n) is 7.74. The van der Waals surface area contributed by atoms with Crippen LogP contribution in [0.2, 0.25) is 0 Å². The lowest BCUT2D eigenvalue weighted by Crippen LogP contribution is -2.48. The third kappa shape index (κ3) is 3.62. The molecule has 1 N–H and O–H groups in total. The van der Waals surface area contributed by atoms with Crippen LogP contribution in [0.25, 0.3) is 0 Å². The zero-order valence-electron chi connectivity index (χ0n) is 18.8. The predicted octanol–water partition coefficient (Wildman–Crippen LogP) is 4.94. The smallest absolute Gasteiger partial charge is 0.329 e. The van der Waals surface area contributed by atoms with Gasteiger partial charge in [-0.2, -0.15) is 0 Å². The second-order valence-corrected chi connectivity index (χ2v) is 11.4. The number of carbonyl (C=O) groups is 2. The van der Waals surface area contributed by atoms with Gasteiger partial charge in [0.15, 0.2) is 6.04 Å². The van der Waals surface area contributed by atoms with Gasteiger partial charge in [-0.1, -0.05) is 0 Å². The third-order valence-corrected chi connectivity index (χ3v) is 8.89. The second kappa shape index (κ2) is 7.67. The molecule has 1 aromatic carbocycles. The summed E-state index contributed by atoms with van der Waals surface area (Å²) in [6.45, 7) is 0.569. The zero-order chi connectivity index (χ0) is 22.9. The summed E-state index contributed by atoms with van der Waals surface area (Å²) in [5, 5.41) is 9.35. The van der Waals surface area contributed by atoms with Crippen LogP contribution in [0.15, 0.2) is 12.1 Å². The molecule has 0 unspecified atom stereocenters. The fourth-order valence-corrected chi connectivity index (χ4v) is 7.74. The van der Waals surface area contributed by atoms with Gasteiger partial charge < -0.3 is 14.7 Å². The molecule has 5 aliphatic carbocycles. The normalized spacial score (nSPS) is 36.9. The monoisotopic (exact) mass is 459 g/mol. The van der Waals surface area contributed by atoms with Crippen LogP contribution in [0.4, 0.5) is 8.78 Å². The van der Waals surface area contributed by atoms with Crippen molar-refractivity contribution >= 4 is 11.9 Å². The first-order valence-electron chi connectivity index (χ1n) is 12.5. The molecule has 5 nitrogen and oxygen atoms in total. The number of carboxylic acid groups (broad SMARTS) is 1. The number of aliphatic carboxylic acids is 1. The maximum atomic E-state index is 15.7. The highest BCUT2D eigenvalue weighted by Crippen LogP contribution is 2.60. The van der Waals surface area contributed by atoms with Gasteiger partial charge in [0.25, 0.3) is 5.91 Å². The topological polar surface area (TPSA) is 66.8 Å². The number of amides is 1. The van der Waals surface area contributed by atoms with Crippen molar-refractivity contribution in [3.8, 4) is 5.75 Å². The van der Waals surface area contributed by atoms with E-state index in [9.17, 15) is 19.1 Å². The molecule has 0 aromatic heterocycles. The maximum absolute atomic E-state index is 15.7. The van der Waals surface area contributed by atoms with Gasteiger partial charge in [-0.25, -0.2) is 13.6 Å². The Hall–Kier alpha value is -2.18. The summed E-state index contributed by atoms with van der Waals surface area (Å²) in [5.74, 6) is 0.177. The molecule has 5 saturated carbocycles. The molecule has 1 heterocycles. The average Bonchev–Trinajstić information content (AvgIpc) is 3.51. The van der Waals surface area contributed by atoms with Crippen LogP contribution >= 0.6 is 0 Å². The van der Waals surface area contributed by atoms with Crippen LogP contribution in [0.1, 0.15) is 79.6 Å². The lowest BCUT2D eigenvalue weighted by Gasteiger charge is -2.56. The molecule has 1 saturated heterocycles. The van der Waals surface area contributed by atoms with Gasteiger partial charge in [-0.3, -0.25) is 4.79 Å². The number of carbonyl (C=O) groups excluding carboxylic acids is 1. The summed E-state index contributed by atoms with van der Waals surface area (Å²) >= 11 is 0.